The zero-order valence-corrected chi connectivity index (χ0v) is 16.4. The van der Waals surface area contributed by atoms with Crippen LogP contribution < -0.4 is 0 Å². The van der Waals surface area contributed by atoms with E-state index in [2.05, 4.69) is 23.1 Å². The Morgan fingerprint density at radius 3 is 2.50 bits per heavy atom. The predicted molar refractivity (Wildman–Crippen MR) is 104 cm³/mol. The number of halogens is 1. The van der Waals surface area contributed by atoms with Crippen LogP contribution in [0.5, 0.6) is 0 Å². The molecule has 2 aromatic rings. The highest BCUT2D eigenvalue weighted by Crippen LogP contribution is 2.40. The molecule has 4 rings (SSSR count). The molecule has 0 bridgehead atoms. The smallest absolute Gasteiger partial charge is 0.356 e. The van der Waals surface area contributed by atoms with Crippen LogP contribution in [0.15, 0.2) is 36.5 Å². The summed E-state index contributed by atoms with van der Waals surface area (Å²) in [6.45, 7) is 2.21. The molecule has 1 amide bonds. The number of benzene rings is 1. The highest BCUT2D eigenvalue weighted by molar-refractivity contribution is 6.31. The summed E-state index contributed by atoms with van der Waals surface area (Å²) in [5, 5.41) is 13.6. The molecule has 1 aliphatic heterocycles. The molecule has 1 saturated heterocycles. The first-order valence-corrected chi connectivity index (χ1v) is 9.82. The molecule has 2 heterocycles. The number of aromatic carboxylic acids is 1. The first kappa shape index (κ1) is 19.0. The van der Waals surface area contributed by atoms with E-state index >= 15 is 0 Å². The highest BCUT2D eigenvalue weighted by Gasteiger charge is 2.43. The molecule has 148 valence electrons. The molecule has 2 fully saturated rings. The number of rotatable bonds is 4. The van der Waals surface area contributed by atoms with E-state index in [1.165, 1.54) is 12.3 Å². The zero-order valence-electron chi connectivity index (χ0n) is 15.7. The van der Waals surface area contributed by atoms with Crippen molar-refractivity contribution < 1.29 is 14.7 Å². The summed E-state index contributed by atoms with van der Waals surface area (Å²) in [6, 6.07) is 9.50. The third-order valence-corrected chi connectivity index (χ3v) is 6.37. The number of hydrogen-bond donors (Lipinski definition) is 1. The molecule has 28 heavy (non-hydrogen) atoms. The third-order valence-electron chi connectivity index (χ3n) is 6.00. The number of nitrogens with zero attached hydrogens (tertiary/aromatic N) is 4. The molecular weight excluding hydrogens is 380 g/mol. The van der Waals surface area contributed by atoms with Crippen LogP contribution in [0.4, 0.5) is 4.79 Å². The molecule has 8 heteroatoms. The van der Waals surface area contributed by atoms with Gasteiger partial charge in [-0.2, -0.15) is 9.78 Å². The van der Waals surface area contributed by atoms with Crippen molar-refractivity contribution in [2.45, 2.75) is 25.4 Å². The van der Waals surface area contributed by atoms with Gasteiger partial charge in [-0.1, -0.05) is 29.8 Å². The minimum Gasteiger partial charge on any atom is -0.476 e. The second-order valence-electron chi connectivity index (χ2n) is 7.79. The first-order valence-electron chi connectivity index (χ1n) is 9.44. The van der Waals surface area contributed by atoms with Gasteiger partial charge in [0.25, 0.3) is 0 Å². The number of carboxylic acid groups (broad SMARTS) is 1. The lowest BCUT2D eigenvalue weighted by molar-refractivity contribution is 0.0690. The largest absolute Gasteiger partial charge is 0.476 e. The van der Waals surface area contributed by atoms with Gasteiger partial charge in [-0.15, -0.1) is 0 Å². The van der Waals surface area contributed by atoms with E-state index in [9.17, 15) is 9.59 Å². The number of carbonyl (C=O) groups excluding carboxylic acids is 1. The highest BCUT2D eigenvalue weighted by atomic mass is 35.5. The van der Waals surface area contributed by atoms with E-state index in [4.69, 9.17) is 16.7 Å². The standard InChI is InChI=1S/C20H23ClN4O3/c1-23(10-13-4-2-3-5-17(13)21)16-8-14-11-24(12-15(14)9-16)20(28)25-7-6-18(22-25)19(26)27/h2-7,14-16H,8-12H2,1H3,(H,26,27)/t14-,15+,16+. The lowest BCUT2D eigenvalue weighted by Gasteiger charge is -2.26. The maximum absolute atomic E-state index is 12.6. The zero-order chi connectivity index (χ0) is 19.8. The van der Waals surface area contributed by atoms with Gasteiger partial charge in [0.1, 0.15) is 0 Å². The van der Waals surface area contributed by atoms with Gasteiger partial charge in [0.15, 0.2) is 5.69 Å². The predicted octanol–water partition coefficient (Wildman–Crippen LogP) is 3.05. The van der Waals surface area contributed by atoms with Crippen LogP contribution in [-0.4, -0.2) is 62.9 Å². The van der Waals surface area contributed by atoms with Crippen LogP contribution >= 0.6 is 11.6 Å². The van der Waals surface area contributed by atoms with Gasteiger partial charge >= 0.3 is 12.0 Å². The summed E-state index contributed by atoms with van der Waals surface area (Å²) in [5.74, 6) is -0.191. The number of hydrogen-bond acceptors (Lipinski definition) is 4. The topological polar surface area (TPSA) is 78.7 Å². The molecule has 1 N–H and O–H groups in total. The Balaban J connectivity index is 1.34. The van der Waals surface area contributed by atoms with Gasteiger partial charge in [0.05, 0.1) is 0 Å². The monoisotopic (exact) mass is 402 g/mol. The van der Waals surface area contributed by atoms with E-state index < -0.39 is 5.97 Å². The van der Waals surface area contributed by atoms with Crippen molar-refractivity contribution in [3.05, 3.63) is 52.8 Å². The summed E-state index contributed by atoms with van der Waals surface area (Å²) in [6.07, 6.45) is 3.52. The van der Waals surface area contributed by atoms with E-state index in [1.54, 1.807) is 4.90 Å². The number of likely N-dealkylation sites (tertiary alicyclic amines) is 1. The van der Waals surface area contributed by atoms with E-state index in [-0.39, 0.29) is 11.7 Å². The summed E-state index contributed by atoms with van der Waals surface area (Å²) in [4.78, 5) is 27.7. The molecule has 7 nitrogen and oxygen atoms in total. The average Bonchev–Trinajstić information content (AvgIpc) is 3.37. The Hall–Kier alpha value is -2.38. The maximum atomic E-state index is 12.6. The van der Waals surface area contributed by atoms with Crippen molar-refractivity contribution in [2.75, 3.05) is 20.1 Å². The van der Waals surface area contributed by atoms with Gasteiger partial charge in [0, 0.05) is 36.9 Å². The minimum atomic E-state index is -1.13. The molecule has 2 aliphatic rings. The quantitative estimate of drug-likeness (QED) is 0.850. The number of amides is 1. The van der Waals surface area contributed by atoms with Gasteiger partial charge in [-0.3, -0.25) is 4.90 Å². The number of aromatic nitrogens is 2. The van der Waals surface area contributed by atoms with Crippen molar-refractivity contribution in [1.82, 2.24) is 19.6 Å². The molecule has 1 aromatic heterocycles. The van der Waals surface area contributed by atoms with E-state index in [1.807, 2.05) is 18.2 Å². The molecule has 1 aromatic carbocycles. The average molecular weight is 403 g/mol. The third kappa shape index (κ3) is 3.64. The normalized spacial score (nSPS) is 24.0. The number of carbonyl (C=O) groups is 2. The minimum absolute atomic E-state index is 0.117. The van der Waals surface area contributed by atoms with Crippen molar-refractivity contribution in [3.8, 4) is 0 Å². The molecule has 0 spiro atoms. The molecular formula is C20H23ClN4O3. The molecule has 1 aliphatic carbocycles. The van der Waals surface area contributed by atoms with Crippen LogP contribution in [-0.2, 0) is 6.54 Å². The Bertz CT molecular complexity index is 885. The van der Waals surface area contributed by atoms with Gasteiger partial charge < -0.3 is 10.0 Å². The van der Waals surface area contributed by atoms with E-state index in [0.717, 1.165) is 34.7 Å². The lowest BCUT2D eigenvalue weighted by Crippen LogP contribution is -2.36. The van der Waals surface area contributed by atoms with Crippen molar-refractivity contribution in [2.24, 2.45) is 11.8 Å². The molecule has 1 saturated carbocycles. The number of fused-ring (bicyclic) bond motifs is 1. The fraction of sp³-hybridized carbons (Fsp3) is 0.450. The van der Waals surface area contributed by atoms with Crippen molar-refractivity contribution in [1.29, 1.82) is 0 Å². The second kappa shape index (κ2) is 7.56. The summed E-state index contributed by atoms with van der Waals surface area (Å²) in [7, 11) is 2.13. The van der Waals surface area contributed by atoms with Crippen molar-refractivity contribution >= 4 is 23.6 Å². The van der Waals surface area contributed by atoms with Crippen LogP contribution in [0.1, 0.15) is 28.9 Å². The van der Waals surface area contributed by atoms with Crippen LogP contribution in [0, 0.1) is 11.8 Å². The van der Waals surface area contributed by atoms with Crippen LogP contribution in [0.25, 0.3) is 0 Å². The summed E-state index contributed by atoms with van der Waals surface area (Å²) < 4.78 is 1.13. The van der Waals surface area contributed by atoms with Crippen molar-refractivity contribution in [3.63, 3.8) is 0 Å². The summed E-state index contributed by atoms with van der Waals surface area (Å²) in [5.41, 5.74) is 1.02. The molecule has 0 unspecified atom stereocenters. The fourth-order valence-electron chi connectivity index (χ4n) is 4.50. The van der Waals surface area contributed by atoms with Gasteiger partial charge in [0.2, 0.25) is 0 Å². The molecule has 0 radical (unpaired) electrons. The van der Waals surface area contributed by atoms with Crippen LogP contribution in [0.3, 0.4) is 0 Å². The Morgan fingerprint density at radius 1 is 1.21 bits per heavy atom. The molecule has 3 atom stereocenters. The number of carboxylic acids is 1. The maximum Gasteiger partial charge on any atom is 0.356 e. The Labute approximate surface area is 168 Å². The second-order valence-corrected chi connectivity index (χ2v) is 8.20. The summed E-state index contributed by atoms with van der Waals surface area (Å²) >= 11 is 6.29. The van der Waals surface area contributed by atoms with E-state index in [0.29, 0.717) is 31.0 Å². The van der Waals surface area contributed by atoms with Gasteiger partial charge in [-0.25, -0.2) is 9.59 Å². The Kier molecular flexibility index (Phi) is 5.12. The SMILES string of the molecule is CN(Cc1ccccc1Cl)[C@H]1C[C@@H]2CN(C(=O)n3ccc(C(=O)O)n3)C[C@@H]2C1. The first-order chi connectivity index (χ1) is 13.4. The lowest BCUT2D eigenvalue weighted by atomic mass is 10.0. The Morgan fingerprint density at radius 2 is 1.89 bits per heavy atom. The fourth-order valence-corrected chi connectivity index (χ4v) is 4.69. The van der Waals surface area contributed by atoms with Gasteiger partial charge in [-0.05, 0) is 49.4 Å². The van der Waals surface area contributed by atoms with Crippen LogP contribution in [0.2, 0.25) is 5.02 Å².